The van der Waals surface area contributed by atoms with E-state index in [9.17, 15) is 4.79 Å². The third kappa shape index (κ3) is 4.28. The van der Waals surface area contributed by atoms with Crippen LogP contribution in [-0.2, 0) is 4.79 Å². The molecule has 0 aromatic heterocycles. The standard InChI is InChI=1S/C11H21N3O.2ClH/c1-13-6-7-14(11(15)8-13)10-4-2-9(12)3-5-10;;/h9-10H,2-8,12H2,1H3;2*1H/t9-,10-;;. The number of hydrogen-bond acceptors (Lipinski definition) is 3. The third-order valence-electron chi connectivity index (χ3n) is 3.63. The number of carbonyl (C=O) groups excluding carboxylic acids is 1. The summed E-state index contributed by atoms with van der Waals surface area (Å²) in [5.74, 6) is 0.296. The molecule has 102 valence electrons. The molecule has 0 unspecified atom stereocenters. The van der Waals surface area contributed by atoms with Crippen molar-refractivity contribution >= 4 is 30.7 Å². The Labute approximate surface area is 116 Å². The summed E-state index contributed by atoms with van der Waals surface area (Å²) in [6.07, 6.45) is 4.34. The zero-order valence-electron chi connectivity index (χ0n) is 10.3. The van der Waals surface area contributed by atoms with Gasteiger partial charge < -0.3 is 10.6 Å². The zero-order chi connectivity index (χ0) is 10.8. The van der Waals surface area contributed by atoms with Crippen LogP contribution < -0.4 is 5.73 Å². The first-order valence-electron chi connectivity index (χ1n) is 5.90. The minimum absolute atomic E-state index is 0. The molecule has 2 rings (SSSR count). The Kier molecular flexibility index (Phi) is 7.40. The average molecular weight is 284 g/mol. The van der Waals surface area contributed by atoms with E-state index in [1.807, 2.05) is 7.05 Å². The van der Waals surface area contributed by atoms with Gasteiger partial charge >= 0.3 is 0 Å². The van der Waals surface area contributed by atoms with Crippen molar-refractivity contribution in [3.63, 3.8) is 0 Å². The molecule has 1 saturated heterocycles. The average Bonchev–Trinajstić information content (AvgIpc) is 2.20. The number of likely N-dealkylation sites (N-methyl/N-ethyl adjacent to an activating group) is 1. The van der Waals surface area contributed by atoms with E-state index in [1.54, 1.807) is 0 Å². The van der Waals surface area contributed by atoms with Gasteiger partial charge in [-0.1, -0.05) is 0 Å². The maximum atomic E-state index is 11.8. The van der Waals surface area contributed by atoms with E-state index in [1.165, 1.54) is 0 Å². The second-order valence-corrected chi connectivity index (χ2v) is 4.89. The molecule has 1 aliphatic carbocycles. The van der Waals surface area contributed by atoms with Gasteiger partial charge in [0.05, 0.1) is 6.54 Å². The Morgan fingerprint density at radius 3 is 2.24 bits per heavy atom. The number of halogens is 2. The Balaban J connectivity index is 0.00000128. The van der Waals surface area contributed by atoms with Crippen molar-refractivity contribution in [2.45, 2.75) is 37.8 Å². The van der Waals surface area contributed by atoms with E-state index < -0.39 is 0 Å². The van der Waals surface area contributed by atoms with Crippen LogP contribution in [0.1, 0.15) is 25.7 Å². The Bertz CT molecular complexity index is 245. The van der Waals surface area contributed by atoms with Gasteiger partial charge in [-0.2, -0.15) is 0 Å². The van der Waals surface area contributed by atoms with Crippen LogP contribution in [0.25, 0.3) is 0 Å². The fraction of sp³-hybridized carbons (Fsp3) is 0.909. The molecule has 0 atom stereocenters. The topological polar surface area (TPSA) is 49.6 Å². The molecule has 1 amide bonds. The largest absolute Gasteiger partial charge is 0.337 e. The molecule has 1 aliphatic heterocycles. The highest BCUT2D eigenvalue weighted by atomic mass is 35.5. The number of nitrogens with zero attached hydrogens (tertiary/aromatic N) is 2. The summed E-state index contributed by atoms with van der Waals surface area (Å²) in [5, 5.41) is 0. The molecule has 17 heavy (non-hydrogen) atoms. The van der Waals surface area contributed by atoms with Crippen molar-refractivity contribution in [3.8, 4) is 0 Å². The van der Waals surface area contributed by atoms with Gasteiger partial charge in [0.15, 0.2) is 0 Å². The van der Waals surface area contributed by atoms with E-state index >= 15 is 0 Å². The summed E-state index contributed by atoms with van der Waals surface area (Å²) >= 11 is 0. The number of carbonyl (C=O) groups is 1. The predicted octanol–water partition coefficient (Wildman–Crippen LogP) is 0.874. The van der Waals surface area contributed by atoms with Gasteiger partial charge in [-0.05, 0) is 32.7 Å². The Morgan fingerprint density at radius 1 is 1.12 bits per heavy atom. The fourth-order valence-electron chi connectivity index (χ4n) is 2.60. The zero-order valence-corrected chi connectivity index (χ0v) is 11.9. The van der Waals surface area contributed by atoms with Gasteiger partial charge in [-0.25, -0.2) is 0 Å². The molecule has 0 aromatic carbocycles. The van der Waals surface area contributed by atoms with Crippen molar-refractivity contribution < 1.29 is 4.79 Å². The molecular formula is C11H23Cl2N3O. The van der Waals surface area contributed by atoms with E-state index in [-0.39, 0.29) is 24.8 Å². The number of nitrogens with two attached hydrogens (primary N) is 1. The van der Waals surface area contributed by atoms with Crippen LogP contribution in [0.2, 0.25) is 0 Å². The first-order chi connectivity index (χ1) is 7.16. The van der Waals surface area contributed by atoms with Gasteiger partial charge in [-0.15, -0.1) is 24.8 Å². The second-order valence-electron chi connectivity index (χ2n) is 4.89. The molecule has 1 heterocycles. The molecule has 1 saturated carbocycles. The lowest BCUT2D eigenvalue weighted by Gasteiger charge is -2.40. The molecule has 2 fully saturated rings. The maximum absolute atomic E-state index is 11.8. The molecule has 0 bridgehead atoms. The minimum Gasteiger partial charge on any atom is -0.337 e. The molecule has 6 heteroatoms. The smallest absolute Gasteiger partial charge is 0.237 e. The highest BCUT2D eigenvalue weighted by molar-refractivity contribution is 5.85. The van der Waals surface area contributed by atoms with Crippen LogP contribution in [0.3, 0.4) is 0 Å². The van der Waals surface area contributed by atoms with Gasteiger partial charge in [0.2, 0.25) is 5.91 Å². The van der Waals surface area contributed by atoms with Gasteiger partial charge in [-0.3, -0.25) is 9.69 Å². The van der Waals surface area contributed by atoms with E-state index in [4.69, 9.17) is 5.73 Å². The Hall–Kier alpha value is -0.0300. The number of piperazine rings is 1. The number of rotatable bonds is 1. The van der Waals surface area contributed by atoms with Crippen molar-refractivity contribution in [2.24, 2.45) is 5.73 Å². The van der Waals surface area contributed by atoms with Crippen molar-refractivity contribution in [1.29, 1.82) is 0 Å². The monoisotopic (exact) mass is 283 g/mol. The second kappa shape index (κ2) is 7.41. The van der Waals surface area contributed by atoms with E-state index in [0.717, 1.165) is 38.8 Å². The number of amides is 1. The summed E-state index contributed by atoms with van der Waals surface area (Å²) < 4.78 is 0. The van der Waals surface area contributed by atoms with E-state index in [0.29, 0.717) is 24.5 Å². The van der Waals surface area contributed by atoms with Crippen LogP contribution in [0.15, 0.2) is 0 Å². The minimum atomic E-state index is 0. The summed E-state index contributed by atoms with van der Waals surface area (Å²) in [4.78, 5) is 16.0. The third-order valence-corrected chi connectivity index (χ3v) is 3.63. The maximum Gasteiger partial charge on any atom is 0.237 e. The van der Waals surface area contributed by atoms with Crippen LogP contribution >= 0.6 is 24.8 Å². The first-order valence-corrected chi connectivity index (χ1v) is 5.90. The highest BCUT2D eigenvalue weighted by Gasteiger charge is 2.30. The summed E-state index contributed by atoms with van der Waals surface area (Å²) in [5.41, 5.74) is 5.87. The lowest BCUT2D eigenvalue weighted by atomic mass is 9.90. The van der Waals surface area contributed by atoms with Crippen LogP contribution in [0, 0.1) is 0 Å². The highest BCUT2D eigenvalue weighted by Crippen LogP contribution is 2.23. The van der Waals surface area contributed by atoms with Gasteiger partial charge in [0, 0.05) is 25.2 Å². The van der Waals surface area contributed by atoms with Crippen LogP contribution in [0.5, 0.6) is 0 Å². The van der Waals surface area contributed by atoms with Crippen LogP contribution in [-0.4, -0.2) is 54.5 Å². The summed E-state index contributed by atoms with van der Waals surface area (Å²) in [6, 6.07) is 0.829. The van der Waals surface area contributed by atoms with Gasteiger partial charge in [0.1, 0.15) is 0 Å². The van der Waals surface area contributed by atoms with Crippen molar-refractivity contribution in [2.75, 3.05) is 26.7 Å². The Morgan fingerprint density at radius 2 is 1.71 bits per heavy atom. The van der Waals surface area contributed by atoms with Gasteiger partial charge in [0.25, 0.3) is 0 Å². The van der Waals surface area contributed by atoms with Crippen LogP contribution in [0.4, 0.5) is 0 Å². The first kappa shape index (κ1) is 17.0. The summed E-state index contributed by atoms with van der Waals surface area (Å²) in [6.45, 7) is 2.49. The summed E-state index contributed by atoms with van der Waals surface area (Å²) in [7, 11) is 2.01. The SMILES string of the molecule is CN1CCN([C@H]2CC[C@H](N)CC2)C(=O)C1.Cl.Cl. The molecule has 0 spiro atoms. The lowest BCUT2D eigenvalue weighted by molar-refractivity contribution is -0.138. The molecule has 2 aliphatic rings. The van der Waals surface area contributed by atoms with Crippen molar-refractivity contribution in [3.05, 3.63) is 0 Å². The molecular weight excluding hydrogens is 261 g/mol. The van der Waals surface area contributed by atoms with Crippen molar-refractivity contribution in [1.82, 2.24) is 9.80 Å². The lowest BCUT2D eigenvalue weighted by Crippen LogP contribution is -2.54. The quantitative estimate of drug-likeness (QED) is 0.777. The fourth-order valence-corrected chi connectivity index (χ4v) is 2.60. The molecule has 0 aromatic rings. The molecule has 4 nitrogen and oxygen atoms in total. The number of hydrogen-bond donors (Lipinski definition) is 1. The molecule has 2 N–H and O–H groups in total. The normalized spacial score (nSPS) is 30.5. The predicted molar refractivity (Wildman–Crippen MR) is 73.9 cm³/mol. The molecule has 0 radical (unpaired) electrons. The van der Waals surface area contributed by atoms with E-state index in [2.05, 4.69) is 9.80 Å².